The van der Waals surface area contributed by atoms with Crippen LogP contribution in [0.5, 0.6) is 0 Å². The third-order valence-electron chi connectivity index (χ3n) is 5.59. The van der Waals surface area contributed by atoms with Gasteiger partial charge in [0, 0.05) is 24.2 Å². The number of amides is 1. The van der Waals surface area contributed by atoms with Crippen molar-refractivity contribution in [1.29, 1.82) is 0 Å². The quantitative estimate of drug-likeness (QED) is 0.492. The van der Waals surface area contributed by atoms with Crippen molar-refractivity contribution >= 4 is 34.1 Å². The molecule has 9 nitrogen and oxygen atoms in total. The molecule has 2 heterocycles. The van der Waals surface area contributed by atoms with E-state index < -0.39 is 5.91 Å². The number of carbonyl (C=O) groups is 1. The van der Waals surface area contributed by atoms with Gasteiger partial charge in [-0.3, -0.25) is 9.48 Å². The Bertz CT molecular complexity index is 1070. The van der Waals surface area contributed by atoms with E-state index in [2.05, 4.69) is 20.7 Å². The van der Waals surface area contributed by atoms with Crippen molar-refractivity contribution < 1.29 is 9.90 Å². The Labute approximate surface area is 174 Å². The predicted octanol–water partition coefficient (Wildman–Crippen LogP) is 2.48. The number of aryl methyl sites for hydroxylation is 2. The normalized spacial score (nSPS) is 19.0. The Morgan fingerprint density at radius 3 is 2.70 bits per heavy atom. The van der Waals surface area contributed by atoms with Crippen LogP contribution in [-0.4, -0.2) is 42.9 Å². The molecule has 1 aliphatic rings. The molecule has 1 saturated carbocycles. The van der Waals surface area contributed by atoms with Crippen LogP contribution in [0.15, 0.2) is 24.4 Å². The van der Waals surface area contributed by atoms with Gasteiger partial charge in [-0.1, -0.05) is 6.92 Å². The summed E-state index contributed by atoms with van der Waals surface area (Å²) in [6, 6.07) is 6.01. The Morgan fingerprint density at radius 1 is 1.23 bits per heavy atom. The fraction of sp³-hybridized carbons (Fsp3) is 0.429. The molecule has 158 valence electrons. The molecule has 0 aliphatic heterocycles. The smallest absolute Gasteiger partial charge is 0.271 e. The third kappa shape index (κ3) is 4.06. The van der Waals surface area contributed by atoms with Crippen LogP contribution < -0.4 is 16.4 Å². The molecular weight excluding hydrogens is 382 g/mol. The second-order valence-electron chi connectivity index (χ2n) is 7.75. The van der Waals surface area contributed by atoms with E-state index in [4.69, 9.17) is 10.7 Å². The van der Waals surface area contributed by atoms with E-state index in [0.717, 1.165) is 42.3 Å². The first-order chi connectivity index (χ1) is 14.4. The lowest BCUT2D eigenvalue weighted by Crippen LogP contribution is -2.29. The molecule has 0 unspecified atom stereocenters. The number of aliphatic hydroxyl groups excluding tert-OH is 1. The number of fused-ring (bicyclic) bond motifs is 1. The summed E-state index contributed by atoms with van der Waals surface area (Å²) < 4.78 is 1.78. The van der Waals surface area contributed by atoms with Crippen LogP contribution in [0.1, 0.15) is 48.8 Å². The number of anilines is 3. The molecule has 30 heavy (non-hydrogen) atoms. The number of carbonyl (C=O) groups excluding carboxylic acids is 1. The summed E-state index contributed by atoms with van der Waals surface area (Å²) in [7, 11) is 1.87. The number of primary amides is 1. The largest absolute Gasteiger partial charge is 0.393 e. The maximum atomic E-state index is 12.1. The zero-order valence-corrected chi connectivity index (χ0v) is 17.2. The van der Waals surface area contributed by atoms with E-state index in [-0.39, 0.29) is 17.8 Å². The molecule has 1 aromatic carbocycles. The average Bonchev–Trinajstić information content (AvgIpc) is 3.10. The number of aliphatic hydroxyl groups is 1. The maximum absolute atomic E-state index is 12.1. The zero-order valence-electron chi connectivity index (χ0n) is 17.2. The number of benzene rings is 1. The molecule has 5 N–H and O–H groups in total. The summed E-state index contributed by atoms with van der Waals surface area (Å²) >= 11 is 0. The van der Waals surface area contributed by atoms with Gasteiger partial charge in [-0.15, -0.1) is 0 Å². The molecule has 0 radical (unpaired) electrons. The van der Waals surface area contributed by atoms with E-state index >= 15 is 0 Å². The molecule has 0 spiro atoms. The van der Waals surface area contributed by atoms with E-state index in [0.29, 0.717) is 23.8 Å². The first-order valence-corrected chi connectivity index (χ1v) is 10.3. The minimum Gasteiger partial charge on any atom is -0.393 e. The number of nitrogens with two attached hydrogens (primary N) is 1. The van der Waals surface area contributed by atoms with E-state index in [1.54, 1.807) is 10.9 Å². The van der Waals surface area contributed by atoms with Gasteiger partial charge in [-0.2, -0.15) is 5.10 Å². The number of hydrogen-bond donors (Lipinski definition) is 4. The first-order valence-electron chi connectivity index (χ1n) is 10.3. The highest BCUT2D eigenvalue weighted by atomic mass is 16.3. The monoisotopic (exact) mass is 409 g/mol. The van der Waals surface area contributed by atoms with Crippen molar-refractivity contribution in [3.63, 3.8) is 0 Å². The topological polar surface area (TPSA) is 131 Å². The molecule has 1 fully saturated rings. The van der Waals surface area contributed by atoms with Crippen LogP contribution in [0.2, 0.25) is 0 Å². The summed E-state index contributed by atoms with van der Waals surface area (Å²) in [4.78, 5) is 21.3. The lowest BCUT2D eigenvalue weighted by molar-refractivity contribution is 0.0996. The average molecular weight is 409 g/mol. The molecule has 0 saturated heterocycles. The molecule has 9 heteroatoms. The molecule has 1 aliphatic carbocycles. The van der Waals surface area contributed by atoms with E-state index in [9.17, 15) is 9.90 Å². The van der Waals surface area contributed by atoms with Crippen molar-refractivity contribution in [2.75, 3.05) is 10.6 Å². The van der Waals surface area contributed by atoms with Crippen LogP contribution in [0.25, 0.3) is 10.9 Å². The number of nitrogens with zero attached hydrogens (tertiary/aromatic N) is 4. The summed E-state index contributed by atoms with van der Waals surface area (Å²) in [6.07, 6.45) is 5.45. The van der Waals surface area contributed by atoms with Crippen molar-refractivity contribution in [1.82, 2.24) is 19.7 Å². The van der Waals surface area contributed by atoms with Gasteiger partial charge in [0.2, 0.25) is 0 Å². The molecule has 4 rings (SSSR count). The standard InChI is InChI=1S/C21H27N7O2/c1-3-16-20(24-13-6-8-15(29)9-7-13)27-21(18(26-16)19(22)30)25-14-5-4-12-11-23-28(2)17(12)10-14/h4-5,10-11,13,15,29H,3,6-9H2,1-2H3,(H2,22,30)(H2,24,25,27). The van der Waals surface area contributed by atoms with Gasteiger partial charge in [0.15, 0.2) is 11.5 Å². The minimum absolute atomic E-state index is 0.113. The predicted molar refractivity (Wildman–Crippen MR) is 116 cm³/mol. The van der Waals surface area contributed by atoms with Crippen molar-refractivity contribution in [3.05, 3.63) is 35.8 Å². The van der Waals surface area contributed by atoms with Gasteiger partial charge in [0.25, 0.3) is 5.91 Å². The molecule has 0 atom stereocenters. The highest BCUT2D eigenvalue weighted by Crippen LogP contribution is 2.27. The van der Waals surface area contributed by atoms with Gasteiger partial charge in [0.05, 0.1) is 23.5 Å². The Balaban J connectivity index is 1.67. The lowest BCUT2D eigenvalue weighted by atomic mass is 9.93. The van der Waals surface area contributed by atoms with Crippen LogP contribution >= 0.6 is 0 Å². The molecule has 1 amide bonds. The van der Waals surface area contributed by atoms with Gasteiger partial charge in [-0.25, -0.2) is 9.97 Å². The summed E-state index contributed by atoms with van der Waals surface area (Å²) in [5.41, 5.74) is 8.12. The first kappa shape index (κ1) is 20.1. The fourth-order valence-electron chi connectivity index (χ4n) is 3.86. The van der Waals surface area contributed by atoms with Crippen molar-refractivity contribution in [2.45, 2.75) is 51.2 Å². The fourth-order valence-corrected chi connectivity index (χ4v) is 3.86. The Hall–Kier alpha value is -3.20. The van der Waals surface area contributed by atoms with E-state index in [1.165, 1.54) is 0 Å². The molecular formula is C21H27N7O2. The summed E-state index contributed by atoms with van der Waals surface area (Å²) in [5, 5.41) is 21.7. The molecule has 2 aromatic heterocycles. The second-order valence-corrected chi connectivity index (χ2v) is 7.75. The van der Waals surface area contributed by atoms with Crippen LogP contribution in [0, 0.1) is 0 Å². The second kappa shape index (κ2) is 8.27. The van der Waals surface area contributed by atoms with Gasteiger partial charge in [-0.05, 0) is 50.3 Å². The van der Waals surface area contributed by atoms with Crippen molar-refractivity contribution in [2.24, 2.45) is 12.8 Å². The Morgan fingerprint density at radius 2 is 2.00 bits per heavy atom. The number of nitrogens with one attached hydrogen (secondary N) is 2. The van der Waals surface area contributed by atoms with E-state index in [1.807, 2.05) is 32.2 Å². The van der Waals surface area contributed by atoms with Gasteiger partial charge >= 0.3 is 0 Å². The van der Waals surface area contributed by atoms with Gasteiger partial charge in [0.1, 0.15) is 5.82 Å². The molecule has 3 aromatic rings. The maximum Gasteiger partial charge on any atom is 0.271 e. The number of hydrogen-bond acceptors (Lipinski definition) is 7. The highest BCUT2D eigenvalue weighted by molar-refractivity contribution is 5.97. The van der Waals surface area contributed by atoms with Crippen molar-refractivity contribution in [3.8, 4) is 0 Å². The van der Waals surface area contributed by atoms with Crippen LogP contribution in [0.4, 0.5) is 17.3 Å². The summed E-state index contributed by atoms with van der Waals surface area (Å²) in [5.74, 6) is 0.334. The van der Waals surface area contributed by atoms with Crippen LogP contribution in [-0.2, 0) is 13.5 Å². The number of aromatic nitrogens is 4. The molecule has 0 bridgehead atoms. The Kier molecular flexibility index (Phi) is 5.54. The zero-order chi connectivity index (χ0) is 21.3. The minimum atomic E-state index is -0.631. The SMILES string of the molecule is CCc1nc(C(N)=O)c(Nc2ccc3cnn(C)c3c2)nc1NC1CCC(O)CC1. The summed E-state index contributed by atoms with van der Waals surface area (Å²) in [6.45, 7) is 1.97. The highest BCUT2D eigenvalue weighted by Gasteiger charge is 2.23. The van der Waals surface area contributed by atoms with Crippen LogP contribution in [0.3, 0.4) is 0 Å². The third-order valence-corrected chi connectivity index (χ3v) is 5.59. The number of rotatable bonds is 6. The lowest BCUT2D eigenvalue weighted by Gasteiger charge is -2.27. The van der Waals surface area contributed by atoms with Gasteiger partial charge < -0.3 is 21.5 Å².